The van der Waals surface area contributed by atoms with E-state index in [2.05, 4.69) is 4.90 Å². The van der Waals surface area contributed by atoms with Crippen molar-refractivity contribution in [2.24, 2.45) is 0 Å². The summed E-state index contributed by atoms with van der Waals surface area (Å²) in [5.74, 6) is -1.55. The molecule has 2 aliphatic heterocycles. The Balaban J connectivity index is 0.00000203. The molecule has 0 radical (unpaired) electrons. The number of unbranched alkanes of at least 4 members (excludes halogenated alkanes) is 2. The number of fused-ring (bicyclic) bond motifs is 2. The standard InChI is InChI=1S/C40H52N2O10S2.CH4.2O3S/c1-7-14-33(43)27-24-29(34(44)15-8-2)38-32(25-27)42(21-11-9-10-18-37(45)46)36(40(38,5)6)17-12-16-35-39(3,4)30-26-28(54(50,51)52)19-20-31(30)41(35)22-13-23-53(47,48)49;;2*1-4(2)3/h12,16-17,19-20,24-26H,7-11,13-15,18,21-23H2,1-6H3,(H2-,45,46,47,48,49,50,51,52);1H4;;. The van der Waals surface area contributed by atoms with Crippen molar-refractivity contribution < 1.29 is 75.3 Å². The van der Waals surface area contributed by atoms with E-state index < -0.39 is 64.0 Å². The molecule has 2 N–H and O–H groups in total. The SMILES string of the molecule is C.CCCC(=O)c1cc(C(=O)CCC)c2c(c1)N(CCCCCC(=O)O)C(=CC=CC1=[N+](CCCS(=O)(=O)[O-])c3ccc(S(=O)(=O)O)cc3C1(C)C)C2(C)C.O=S(=O)=O.O=S(=O)=O. The summed E-state index contributed by atoms with van der Waals surface area (Å²) in [6, 6.07) is 7.83. The molecular weight excluding hydrogens is 905 g/mol. The molecule has 0 saturated carbocycles. The molecule has 350 valence electrons. The van der Waals surface area contributed by atoms with E-state index in [9.17, 15) is 45.4 Å². The predicted molar refractivity (Wildman–Crippen MR) is 233 cm³/mol. The van der Waals surface area contributed by atoms with Crippen LogP contribution in [0.5, 0.6) is 0 Å². The molecule has 4 rings (SSSR count). The van der Waals surface area contributed by atoms with E-state index in [1.165, 1.54) is 12.1 Å². The lowest BCUT2D eigenvalue weighted by Gasteiger charge is -2.27. The van der Waals surface area contributed by atoms with Gasteiger partial charge in [-0.3, -0.25) is 18.9 Å². The summed E-state index contributed by atoms with van der Waals surface area (Å²) in [6.45, 7) is 12.3. The minimum atomic E-state index is -4.52. The Hall–Kier alpha value is -4.74. The smallest absolute Gasteiger partial charge is 0.425 e. The van der Waals surface area contributed by atoms with E-state index in [1.54, 1.807) is 12.1 Å². The highest BCUT2D eigenvalue weighted by Crippen LogP contribution is 2.50. The maximum Gasteiger partial charge on any atom is 0.425 e. The maximum atomic E-state index is 13.7. The van der Waals surface area contributed by atoms with Crippen LogP contribution in [0.2, 0.25) is 0 Å². The number of allylic oxidation sites excluding steroid dienone is 4. The Kier molecular flexibility index (Phi) is 21.3. The number of Topliss-reactive ketones (excluding diaryl/α,β-unsaturated/α-hetero) is 2. The Morgan fingerprint density at radius 1 is 0.810 bits per heavy atom. The number of aliphatic carboxylic acids is 1. The van der Waals surface area contributed by atoms with Gasteiger partial charge in [-0.15, -0.1) is 25.3 Å². The van der Waals surface area contributed by atoms with Gasteiger partial charge in [0.1, 0.15) is 6.54 Å². The minimum absolute atomic E-state index is 0. The Bertz CT molecular complexity index is 2550. The van der Waals surface area contributed by atoms with Crippen LogP contribution in [0.15, 0.2) is 59.2 Å². The van der Waals surface area contributed by atoms with E-state index in [0.29, 0.717) is 79.6 Å². The molecule has 2 heterocycles. The zero-order valence-corrected chi connectivity index (χ0v) is 38.5. The van der Waals surface area contributed by atoms with Crippen LogP contribution < -0.4 is 4.90 Å². The molecule has 0 bridgehead atoms. The second kappa shape index (κ2) is 23.8. The van der Waals surface area contributed by atoms with Gasteiger partial charge in [-0.25, -0.2) is 8.42 Å². The number of hydrogen-bond acceptors (Lipinski definition) is 15. The van der Waals surface area contributed by atoms with E-state index in [4.69, 9.17) is 25.3 Å². The van der Waals surface area contributed by atoms with Crippen molar-refractivity contribution in [1.82, 2.24) is 0 Å². The van der Waals surface area contributed by atoms with Crippen molar-refractivity contribution in [3.05, 3.63) is 76.5 Å². The average molecular weight is 961 g/mol. The first kappa shape index (κ1) is 56.3. The number of ketones is 2. The van der Waals surface area contributed by atoms with E-state index in [0.717, 1.165) is 16.9 Å². The Morgan fingerprint density at radius 3 is 1.90 bits per heavy atom. The molecule has 2 aromatic carbocycles. The molecule has 2 aromatic rings. The Morgan fingerprint density at radius 2 is 1.38 bits per heavy atom. The predicted octanol–water partition coefficient (Wildman–Crippen LogP) is 5.72. The molecule has 0 fully saturated rings. The molecule has 18 nitrogen and oxygen atoms in total. The van der Waals surface area contributed by atoms with Crippen LogP contribution in [0.4, 0.5) is 11.4 Å². The Labute approximate surface area is 372 Å². The summed E-state index contributed by atoms with van der Waals surface area (Å²) in [7, 11) is -15.2. The van der Waals surface area contributed by atoms with Crippen molar-refractivity contribution >= 4 is 76.1 Å². The minimum Gasteiger partial charge on any atom is -0.748 e. The topological polar surface area (TPSA) is 292 Å². The number of carbonyl (C=O) groups excluding carboxylic acids is 2. The van der Waals surface area contributed by atoms with Gasteiger partial charge in [0.05, 0.1) is 20.4 Å². The monoisotopic (exact) mass is 960 g/mol. The van der Waals surface area contributed by atoms with E-state index in [1.807, 2.05) is 70.4 Å². The fourth-order valence-electron chi connectivity index (χ4n) is 7.65. The van der Waals surface area contributed by atoms with Crippen molar-refractivity contribution in [3.8, 4) is 0 Å². The van der Waals surface area contributed by atoms with Crippen LogP contribution in [-0.4, -0.2) is 103 Å². The van der Waals surface area contributed by atoms with Gasteiger partial charge in [0.2, 0.25) is 5.69 Å². The number of carbonyl (C=O) groups is 3. The molecule has 0 saturated heterocycles. The maximum absolute atomic E-state index is 13.7. The van der Waals surface area contributed by atoms with Crippen LogP contribution in [0.25, 0.3) is 0 Å². The highest BCUT2D eigenvalue weighted by molar-refractivity contribution is 7.86. The first-order valence-electron chi connectivity index (χ1n) is 19.5. The second-order valence-corrected chi connectivity index (χ2v) is 19.3. The van der Waals surface area contributed by atoms with Gasteiger partial charge in [-0.2, -0.15) is 13.0 Å². The van der Waals surface area contributed by atoms with Crippen molar-refractivity contribution in [1.29, 1.82) is 0 Å². The highest BCUT2D eigenvalue weighted by Gasteiger charge is 2.46. The number of nitrogens with zero attached hydrogens (tertiary/aromatic N) is 2. The lowest BCUT2D eigenvalue weighted by atomic mass is 9.78. The van der Waals surface area contributed by atoms with Crippen LogP contribution in [-0.2, 0) is 57.1 Å². The van der Waals surface area contributed by atoms with Gasteiger partial charge in [0.15, 0.2) is 17.3 Å². The molecule has 22 heteroatoms. The fraction of sp³-hybridized carbons (Fsp3) is 0.512. The van der Waals surface area contributed by atoms with Crippen LogP contribution in [0, 0.1) is 0 Å². The first-order chi connectivity index (χ1) is 28.6. The van der Waals surface area contributed by atoms with Crippen molar-refractivity contribution in [2.75, 3.05) is 23.7 Å². The van der Waals surface area contributed by atoms with E-state index >= 15 is 0 Å². The van der Waals surface area contributed by atoms with E-state index in [-0.39, 0.29) is 43.3 Å². The lowest BCUT2D eigenvalue weighted by Crippen LogP contribution is -2.29. The zero-order chi connectivity index (χ0) is 47.4. The number of hydrogen-bond donors (Lipinski definition) is 2. The molecule has 63 heavy (non-hydrogen) atoms. The molecule has 0 aliphatic carbocycles. The molecule has 0 atom stereocenters. The molecular formula is C41H56N2O16S4. The van der Waals surface area contributed by atoms with Gasteiger partial charge in [0, 0.05) is 83.6 Å². The summed E-state index contributed by atoms with van der Waals surface area (Å²) in [4.78, 5) is 40.0. The number of carboxylic acids is 1. The summed E-state index contributed by atoms with van der Waals surface area (Å²) in [6.07, 6.45) is 9.48. The van der Waals surface area contributed by atoms with Crippen LogP contribution in [0.3, 0.4) is 0 Å². The summed E-state index contributed by atoms with van der Waals surface area (Å²) >= 11 is 0. The average Bonchev–Trinajstić information content (AvgIpc) is 3.47. The third-order valence-electron chi connectivity index (χ3n) is 10.3. The fourth-order valence-corrected chi connectivity index (χ4v) is 8.64. The van der Waals surface area contributed by atoms with Crippen molar-refractivity contribution in [3.63, 3.8) is 0 Å². The molecule has 2 aliphatic rings. The highest BCUT2D eigenvalue weighted by atomic mass is 32.2. The summed E-state index contributed by atoms with van der Waals surface area (Å²) in [5, 5.41) is 9.18. The van der Waals surface area contributed by atoms with Gasteiger partial charge in [-0.1, -0.05) is 47.6 Å². The zero-order valence-electron chi connectivity index (χ0n) is 35.2. The molecule has 0 aromatic heterocycles. The van der Waals surface area contributed by atoms with Crippen molar-refractivity contribution in [2.45, 2.75) is 122 Å². The number of anilines is 1. The first-order valence-corrected chi connectivity index (χ1v) is 24.5. The van der Waals surface area contributed by atoms with Gasteiger partial charge in [-0.05, 0) is 75.4 Å². The number of benzene rings is 2. The molecule has 0 spiro atoms. The van der Waals surface area contributed by atoms with Crippen LogP contribution in [0.1, 0.15) is 139 Å². The largest absolute Gasteiger partial charge is 0.748 e. The number of rotatable bonds is 19. The van der Waals surface area contributed by atoms with Gasteiger partial charge < -0.3 is 14.6 Å². The lowest BCUT2D eigenvalue weighted by molar-refractivity contribution is -0.437. The molecule has 0 amide bonds. The number of carboxylic acid groups (broad SMARTS) is 1. The summed E-state index contributed by atoms with van der Waals surface area (Å²) < 4.78 is 121. The van der Waals surface area contributed by atoms with Gasteiger partial charge in [0.25, 0.3) is 10.1 Å². The molecule has 0 unspecified atom stereocenters. The second-order valence-electron chi connectivity index (χ2n) is 15.5. The third-order valence-corrected chi connectivity index (χ3v) is 11.9. The van der Waals surface area contributed by atoms with Gasteiger partial charge >= 0.3 is 27.2 Å². The normalized spacial score (nSPS) is 15.4. The third kappa shape index (κ3) is 15.8. The van der Waals surface area contributed by atoms with Crippen LogP contribution >= 0.6 is 0 Å². The summed E-state index contributed by atoms with van der Waals surface area (Å²) in [5.41, 5.74) is 3.81. The quantitative estimate of drug-likeness (QED) is 0.0736.